The number of rotatable bonds is 1. The van der Waals surface area contributed by atoms with Crippen molar-refractivity contribution in [2.75, 3.05) is 0 Å². The molecule has 3 aromatic rings. The Morgan fingerprint density at radius 3 is 2.67 bits per heavy atom. The summed E-state index contributed by atoms with van der Waals surface area (Å²) in [7, 11) is 3.59. The van der Waals surface area contributed by atoms with Crippen LogP contribution in [0.3, 0.4) is 0 Å². The lowest BCUT2D eigenvalue weighted by Gasteiger charge is -2.01. The maximum atomic E-state index is 11.4. The summed E-state index contributed by atoms with van der Waals surface area (Å²) in [6.45, 7) is 1.95. The molecular weight excluding hydrogens is 230 g/mol. The van der Waals surface area contributed by atoms with E-state index in [1.807, 2.05) is 42.9 Å². The molecule has 0 unspecified atom stereocenters. The molecule has 5 nitrogen and oxygen atoms in total. The van der Waals surface area contributed by atoms with E-state index in [4.69, 9.17) is 4.42 Å². The van der Waals surface area contributed by atoms with Gasteiger partial charge in [0.25, 0.3) is 0 Å². The Hall–Kier alpha value is -2.30. The van der Waals surface area contributed by atoms with Gasteiger partial charge in [0.15, 0.2) is 5.58 Å². The molecule has 0 aliphatic carbocycles. The molecule has 0 aliphatic heterocycles. The van der Waals surface area contributed by atoms with Crippen LogP contribution >= 0.6 is 0 Å². The second-order valence-electron chi connectivity index (χ2n) is 4.40. The molecule has 1 aromatic carbocycles. The fourth-order valence-electron chi connectivity index (χ4n) is 2.17. The normalized spacial score (nSPS) is 11.3. The van der Waals surface area contributed by atoms with Gasteiger partial charge in [-0.15, -0.1) is 0 Å². The van der Waals surface area contributed by atoms with Crippen molar-refractivity contribution in [3.63, 3.8) is 0 Å². The third-order valence-corrected chi connectivity index (χ3v) is 3.09. The summed E-state index contributed by atoms with van der Waals surface area (Å²) in [6, 6.07) is 7.72. The first kappa shape index (κ1) is 10.8. The summed E-state index contributed by atoms with van der Waals surface area (Å²) in [6.07, 6.45) is 0. The van der Waals surface area contributed by atoms with Crippen LogP contribution in [0, 0.1) is 6.92 Å². The first-order valence-corrected chi connectivity index (χ1v) is 5.67. The lowest BCUT2D eigenvalue weighted by atomic mass is 10.1. The number of nitrogens with zero attached hydrogens (tertiary/aromatic N) is 3. The van der Waals surface area contributed by atoms with Gasteiger partial charge in [-0.1, -0.05) is 6.07 Å². The molecule has 0 amide bonds. The van der Waals surface area contributed by atoms with Gasteiger partial charge in [-0.2, -0.15) is 5.10 Å². The van der Waals surface area contributed by atoms with Gasteiger partial charge in [-0.25, -0.2) is 4.79 Å². The van der Waals surface area contributed by atoms with Crippen molar-refractivity contribution in [1.29, 1.82) is 0 Å². The van der Waals surface area contributed by atoms with E-state index in [9.17, 15) is 4.79 Å². The molecule has 0 aliphatic rings. The van der Waals surface area contributed by atoms with E-state index in [-0.39, 0.29) is 5.76 Å². The van der Waals surface area contributed by atoms with Gasteiger partial charge < -0.3 is 4.42 Å². The maximum Gasteiger partial charge on any atom is 0.419 e. The molecule has 0 atom stereocenters. The molecular formula is C13H13N3O2. The summed E-state index contributed by atoms with van der Waals surface area (Å²) in [4.78, 5) is 11.4. The molecule has 0 radical (unpaired) electrons. The average Bonchev–Trinajstić information content (AvgIpc) is 2.80. The summed E-state index contributed by atoms with van der Waals surface area (Å²) >= 11 is 0. The Balaban J connectivity index is 2.25. The summed E-state index contributed by atoms with van der Waals surface area (Å²) in [5.41, 5.74) is 4.34. The molecule has 0 spiro atoms. The molecule has 0 bridgehead atoms. The molecule has 0 N–H and O–H groups in total. The highest BCUT2D eigenvalue weighted by molar-refractivity contribution is 5.79. The Bertz CT molecular complexity index is 792. The van der Waals surface area contributed by atoms with Crippen LogP contribution in [0.4, 0.5) is 0 Å². The SMILES string of the molecule is Cc1cc(-c2ccc3c(c2)oc(=O)n3C)n(C)n1. The minimum Gasteiger partial charge on any atom is -0.408 e. The summed E-state index contributed by atoms with van der Waals surface area (Å²) < 4.78 is 8.50. The van der Waals surface area contributed by atoms with Crippen LogP contribution in [0.1, 0.15) is 5.69 Å². The van der Waals surface area contributed by atoms with Gasteiger partial charge >= 0.3 is 5.76 Å². The Labute approximate surface area is 103 Å². The standard InChI is InChI=1S/C13H13N3O2/c1-8-6-11(16(3)14-8)9-4-5-10-12(7-9)18-13(17)15(10)2/h4-7H,1-3H3. The molecule has 0 fully saturated rings. The van der Waals surface area contributed by atoms with Crippen molar-refractivity contribution in [3.05, 3.63) is 40.5 Å². The van der Waals surface area contributed by atoms with Crippen LogP contribution in [0.25, 0.3) is 22.4 Å². The second-order valence-corrected chi connectivity index (χ2v) is 4.40. The zero-order valence-corrected chi connectivity index (χ0v) is 10.5. The molecule has 18 heavy (non-hydrogen) atoms. The minimum atomic E-state index is -0.344. The van der Waals surface area contributed by atoms with Crippen molar-refractivity contribution < 1.29 is 4.42 Å². The van der Waals surface area contributed by atoms with E-state index < -0.39 is 0 Å². The van der Waals surface area contributed by atoms with Crippen molar-refractivity contribution in [3.8, 4) is 11.3 Å². The van der Waals surface area contributed by atoms with Gasteiger partial charge in [0, 0.05) is 19.7 Å². The molecule has 2 heterocycles. The van der Waals surface area contributed by atoms with Crippen LogP contribution < -0.4 is 5.76 Å². The van der Waals surface area contributed by atoms with Gasteiger partial charge in [0.05, 0.1) is 16.9 Å². The summed E-state index contributed by atoms with van der Waals surface area (Å²) in [5, 5.41) is 4.31. The van der Waals surface area contributed by atoms with Crippen molar-refractivity contribution in [2.24, 2.45) is 14.1 Å². The number of aryl methyl sites for hydroxylation is 3. The third kappa shape index (κ3) is 1.48. The number of oxazole rings is 1. The van der Waals surface area contributed by atoms with Crippen LogP contribution in [-0.2, 0) is 14.1 Å². The van der Waals surface area contributed by atoms with E-state index >= 15 is 0 Å². The van der Waals surface area contributed by atoms with E-state index in [1.54, 1.807) is 7.05 Å². The molecule has 5 heteroatoms. The second kappa shape index (κ2) is 3.60. The fraction of sp³-hybridized carbons (Fsp3) is 0.231. The lowest BCUT2D eigenvalue weighted by molar-refractivity contribution is 0.528. The van der Waals surface area contributed by atoms with Crippen LogP contribution in [0.2, 0.25) is 0 Å². The lowest BCUT2D eigenvalue weighted by Crippen LogP contribution is -2.08. The maximum absolute atomic E-state index is 11.4. The first-order valence-electron chi connectivity index (χ1n) is 5.67. The molecule has 2 aromatic heterocycles. The molecule has 92 valence electrons. The Kier molecular flexibility index (Phi) is 2.16. The van der Waals surface area contributed by atoms with Crippen LogP contribution in [0.5, 0.6) is 0 Å². The van der Waals surface area contributed by atoms with E-state index in [0.29, 0.717) is 5.58 Å². The zero-order valence-electron chi connectivity index (χ0n) is 10.5. The van der Waals surface area contributed by atoms with Gasteiger partial charge in [0.2, 0.25) is 0 Å². The van der Waals surface area contributed by atoms with E-state index in [2.05, 4.69) is 5.10 Å². The zero-order chi connectivity index (χ0) is 12.9. The molecule has 3 rings (SSSR count). The van der Waals surface area contributed by atoms with Crippen molar-refractivity contribution in [2.45, 2.75) is 6.92 Å². The predicted molar refractivity (Wildman–Crippen MR) is 68.4 cm³/mol. The number of fused-ring (bicyclic) bond motifs is 1. The monoisotopic (exact) mass is 243 g/mol. The molecule has 0 saturated heterocycles. The fourth-order valence-corrected chi connectivity index (χ4v) is 2.17. The number of aromatic nitrogens is 3. The predicted octanol–water partition coefficient (Wildman–Crippen LogP) is 1.84. The van der Waals surface area contributed by atoms with Gasteiger partial charge in [-0.3, -0.25) is 9.25 Å². The average molecular weight is 243 g/mol. The van der Waals surface area contributed by atoms with E-state index in [1.165, 1.54) is 4.57 Å². The Morgan fingerprint density at radius 1 is 1.22 bits per heavy atom. The number of benzene rings is 1. The quantitative estimate of drug-likeness (QED) is 0.655. The van der Waals surface area contributed by atoms with E-state index in [0.717, 1.165) is 22.5 Å². The highest BCUT2D eigenvalue weighted by atomic mass is 16.4. The van der Waals surface area contributed by atoms with Crippen molar-refractivity contribution in [1.82, 2.24) is 14.3 Å². The van der Waals surface area contributed by atoms with Crippen molar-refractivity contribution >= 4 is 11.1 Å². The topological polar surface area (TPSA) is 53.0 Å². The van der Waals surface area contributed by atoms with Crippen LogP contribution in [0.15, 0.2) is 33.5 Å². The number of hydrogen-bond donors (Lipinski definition) is 0. The highest BCUT2D eigenvalue weighted by Crippen LogP contribution is 2.24. The summed E-state index contributed by atoms with van der Waals surface area (Å²) in [5.74, 6) is -0.344. The largest absolute Gasteiger partial charge is 0.419 e. The highest BCUT2D eigenvalue weighted by Gasteiger charge is 2.10. The first-order chi connectivity index (χ1) is 8.56. The van der Waals surface area contributed by atoms with Gasteiger partial charge in [-0.05, 0) is 25.1 Å². The molecule has 0 saturated carbocycles. The van der Waals surface area contributed by atoms with Gasteiger partial charge in [0.1, 0.15) is 0 Å². The Morgan fingerprint density at radius 2 is 2.00 bits per heavy atom. The number of hydrogen-bond acceptors (Lipinski definition) is 3. The van der Waals surface area contributed by atoms with Crippen LogP contribution in [-0.4, -0.2) is 14.3 Å². The third-order valence-electron chi connectivity index (χ3n) is 3.09. The smallest absolute Gasteiger partial charge is 0.408 e. The minimum absolute atomic E-state index is 0.344.